The summed E-state index contributed by atoms with van der Waals surface area (Å²) in [5.41, 5.74) is 2.25. The van der Waals surface area contributed by atoms with Crippen LogP contribution in [0.5, 0.6) is 0 Å². The first-order chi connectivity index (χ1) is 12.5. The number of rotatable bonds is 3. The molecular weight excluding hydrogens is 354 g/mol. The molecule has 1 saturated carbocycles. The molecule has 0 aliphatic heterocycles. The zero-order valence-electron chi connectivity index (χ0n) is 14.2. The molecule has 6 nitrogen and oxygen atoms in total. The fourth-order valence-corrected chi connectivity index (χ4v) is 4.03. The zero-order chi connectivity index (χ0) is 18.4. The highest BCUT2D eigenvalue weighted by atomic mass is 35.5. The fraction of sp³-hybridized carbons (Fsp3) is 0.368. The Morgan fingerprint density at radius 1 is 1.12 bits per heavy atom. The molecule has 3 aromatic rings. The first kappa shape index (κ1) is 17.4. The molecule has 1 aliphatic carbocycles. The predicted molar refractivity (Wildman–Crippen MR) is 97.8 cm³/mol. The van der Waals surface area contributed by atoms with Gasteiger partial charge in [-0.1, -0.05) is 23.7 Å². The van der Waals surface area contributed by atoms with Crippen LogP contribution in [0, 0.1) is 12.8 Å². The molecule has 0 amide bonds. The Bertz CT molecular complexity index is 927. The molecule has 7 heteroatoms. The van der Waals surface area contributed by atoms with E-state index in [1.54, 1.807) is 24.3 Å². The number of aromatic nitrogens is 3. The topological polar surface area (TPSA) is 91.4 Å². The van der Waals surface area contributed by atoms with Gasteiger partial charge in [-0.2, -0.15) is 0 Å². The second-order valence-corrected chi connectivity index (χ2v) is 7.30. The number of fused-ring (bicyclic) bond motifs is 1. The summed E-state index contributed by atoms with van der Waals surface area (Å²) in [5, 5.41) is 33.4. The highest BCUT2D eigenvalue weighted by Gasteiger charge is 2.46. The van der Waals surface area contributed by atoms with E-state index in [4.69, 9.17) is 11.6 Å². The largest absolute Gasteiger partial charge is 0.390 e. The first-order valence-corrected chi connectivity index (χ1v) is 8.93. The van der Waals surface area contributed by atoms with Crippen LogP contribution in [0.25, 0.3) is 11.0 Å². The van der Waals surface area contributed by atoms with E-state index in [1.807, 2.05) is 23.8 Å². The van der Waals surface area contributed by atoms with E-state index >= 15 is 0 Å². The van der Waals surface area contributed by atoms with Gasteiger partial charge < -0.3 is 19.9 Å². The molecule has 0 saturated heterocycles. The van der Waals surface area contributed by atoms with Gasteiger partial charge in [-0.05, 0) is 37.1 Å². The van der Waals surface area contributed by atoms with Crippen molar-refractivity contribution >= 4 is 22.6 Å². The van der Waals surface area contributed by atoms with Gasteiger partial charge in [0, 0.05) is 22.5 Å². The highest BCUT2D eigenvalue weighted by molar-refractivity contribution is 6.30. The number of benzene rings is 1. The third kappa shape index (κ3) is 2.79. The van der Waals surface area contributed by atoms with Crippen LogP contribution in [0.2, 0.25) is 5.02 Å². The molecule has 0 radical (unpaired) electrons. The fourth-order valence-electron chi connectivity index (χ4n) is 3.90. The van der Waals surface area contributed by atoms with Crippen molar-refractivity contribution in [2.24, 2.45) is 5.92 Å². The maximum atomic E-state index is 10.7. The molecule has 5 atom stereocenters. The molecule has 1 fully saturated rings. The van der Waals surface area contributed by atoms with Crippen LogP contribution in [-0.2, 0) is 0 Å². The minimum absolute atomic E-state index is 0.372. The lowest BCUT2D eigenvalue weighted by molar-refractivity contribution is -0.0264. The molecule has 0 spiro atoms. The second-order valence-electron chi connectivity index (χ2n) is 6.86. The van der Waals surface area contributed by atoms with Crippen molar-refractivity contribution in [3.05, 3.63) is 59.1 Å². The van der Waals surface area contributed by atoms with E-state index in [2.05, 4.69) is 9.97 Å². The van der Waals surface area contributed by atoms with Crippen LogP contribution in [0.15, 0.2) is 42.9 Å². The van der Waals surface area contributed by atoms with Crippen molar-refractivity contribution < 1.29 is 15.3 Å². The average molecular weight is 374 g/mol. The lowest BCUT2D eigenvalue weighted by atomic mass is 9.92. The van der Waals surface area contributed by atoms with Gasteiger partial charge in [-0.3, -0.25) is 0 Å². The quantitative estimate of drug-likeness (QED) is 0.655. The van der Waals surface area contributed by atoms with Crippen LogP contribution in [0.1, 0.15) is 29.8 Å². The highest BCUT2D eigenvalue weighted by Crippen LogP contribution is 2.43. The summed E-state index contributed by atoms with van der Waals surface area (Å²) in [6.45, 7) is 1.90. The number of aryl methyl sites for hydroxylation is 1. The Kier molecular flexibility index (Phi) is 4.44. The minimum Gasteiger partial charge on any atom is -0.390 e. The number of aliphatic hydroxyl groups is 3. The minimum atomic E-state index is -1.04. The SMILES string of the molecule is Cc1ncnc2c1ccn2[C@@H]1C[C@H]([C@@H](O)c2ccc(Cl)cc2)[C@@H](O)[C@H]1O. The first-order valence-electron chi connectivity index (χ1n) is 8.55. The smallest absolute Gasteiger partial charge is 0.143 e. The number of hydrogen-bond donors (Lipinski definition) is 3. The molecule has 1 aromatic carbocycles. The van der Waals surface area contributed by atoms with E-state index in [-0.39, 0.29) is 6.04 Å². The van der Waals surface area contributed by atoms with Crippen molar-refractivity contribution in [1.82, 2.24) is 14.5 Å². The molecule has 2 aromatic heterocycles. The lowest BCUT2D eigenvalue weighted by Gasteiger charge is -2.22. The van der Waals surface area contributed by atoms with Gasteiger partial charge in [0.2, 0.25) is 0 Å². The molecular formula is C19H20ClN3O3. The summed E-state index contributed by atoms with van der Waals surface area (Å²) in [6, 6.07) is 8.42. The lowest BCUT2D eigenvalue weighted by Crippen LogP contribution is -2.31. The summed E-state index contributed by atoms with van der Waals surface area (Å²) in [4.78, 5) is 8.51. The van der Waals surface area contributed by atoms with Gasteiger partial charge in [0.25, 0.3) is 0 Å². The van der Waals surface area contributed by atoms with Gasteiger partial charge in [0.15, 0.2) is 0 Å². The number of halogens is 1. The van der Waals surface area contributed by atoms with Gasteiger partial charge in [-0.25, -0.2) is 9.97 Å². The van der Waals surface area contributed by atoms with E-state index < -0.39 is 24.2 Å². The number of aliphatic hydroxyl groups excluding tert-OH is 3. The standard InChI is InChI=1S/C19H20ClN3O3/c1-10-13-6-7-23(19(13)22-9-21-10)15-8-14(17(25)18(15)26)16(24)11-2-4-12(20)5-3-11/h2-7,9,14-18,24-26H,8H2,1H3/t14-,15-,16+,17-,18+/m1/s1. The molecule has 2 heterocycles. The van der Waals surface area contributed by atoms with E-state index in [0.717, 1.165) is 16.7 Å². The van der Waals surface area contributed by atoms with Crippen LogP contribution >= 0.6 is 11.6 Å². The van der Waals surface area contributed by atoms with E-state index in [9.17, 15) is 15.3 Å². The maximum Gasteiger partial charge on any atom is 0.143 e. The van der Waals surface area contributed by atoms with Gasteiger partial charge in [0.05, 0.1) is 23.9 Å². The van der Waals surface area contributed by atoms with E-state index in [0.29, 0.717) is 17.0 Å². The van der Waals surface area contributed by atoms with Crippen molar-refractivity contribution in [3.63, 3.8) is 0 Å². The van der Waals surface area contributed by atoms with Crippen molar-refractivity contribution in [3.8, 4) is 0 Å². The molecule has 26 heavy (non-hydrogen) atoms. The Morgan fingerprint density at radius 2 is 1.85 bits per heavy atom. The molecule has 3 N–H and O–H groups in total. The Balaban J connectivity index is 1.65. The monoisotopic (exact) mass is 373 g/mol. The molecule has 4 rings (SSSR count). The zero-order valence-corrected chi connectivity index (χ0v) is 15.0. The van der Waals surface area contributed by atoms with E-state index in [1.165, 1.54) is 6.33 Å². The van der Waals surface area contributed by atoms with Gasteiger partial charge in [0.1, 0.15) is 18.1 Å². The molecule has 1 aliphatic rings. The Morgan fingerprint density at radius 3 is 2.58 bits per heavy atom. The number of hydrogen-bond acceptors (Lipinski definition) is 5. The number of nitrogens with zero attached hydrogens (tertiary/aromatic N) is 3. The third-order valence-corrected chi connectivity index (χ3v) is 5.63. The molecule has 0 bridgehead atoms. The molecule has 136 valence electrons. The summed E-state index contributed by atoms with van der Waals surface area (Å²) >= 11 is 5.90. The normalized spacial score (nSPS) is 27.1. The van der Waals surface area contributed by atoms with Crippen LogP contribution in [0.3, 0.4) is 0 Å². The van der Waals surface area contributed by atoms with Crippen LogP contribution in [-0.4, -0.2) is 42.1 Å². The molecule has 0 unspecified atom stereocenters. The summed E-state index contributed by atoms with van der Waals surface area (Å²) in [5.74, 6) is -0.489. The van der Waals surface area contributed by atoms with Crippen LogP contribution < -0.4 is 0 Å². The third-order valence-electron chi connectivity index (χ3n) is 5.38. The summed E-state index contributed by atoms with van der Waals surface area (Å²) in [6.07, 6.45) is 0.855. The predicted octanol–water partition coefficient (Wildman–Crippen LogP) is 2.41. The van der Waals surface area contributed by atoms with Crippen molar-refractivity contribution in [1.29, 1.82) is 0 Å². The summed E-state index contributed by atoms with van der Waals surface area (Å²) < 4.78 is 1.87. The van der Waals surface area contributed by atoms with Crippen molar-refractivity contribution in [2.75, 3.05) is 0 Å². The maximum absolute atomic E-state index is 10.7. The Labute approximate surface area is 155 Å². The average Bonchev–Trinajstić information content (AvgIpc) is 3.18. The Hall–Kier alpha value is -1.99. The van der Waals surface area contributed by atoms with Crippen molar-refractivity contribution in [2.45, 2.75) is 37.7 Å². The van der Waals surface area contributed by atoms with Gasteiger partial charge >= 0.3 is 0 Å². The second kappa shape index (κ2) is 6.63. The van der Waals surface area contributed by atoms with Crippen LogP contribution in [0.4, 0.5) is 0 Å². The summed E-state index contributed by atoms with van der Waals surface area (Å²) in [7, 11) is 0. The van der Waals surface area contributed by atoms with Gasteiger partial charge in [-0.15, -0.1) is 0 Å².